The van der Waals surface area contributed by atoms with Gasteiger partial charge < -0.3 is 4.90 Å². The van der Waals surface area contributed by atoms with Crippen molar-refractivity contribution in [2.75, 3.05) is 17.2 Å². The number of amides is 1. The minimum absolute atomic E-state index is 0.00909. The summed E-state index contributed by atoms with van der Waals surface area (Å²) in [6.45, 7) is 2.56. The monoisotopic (exact) mass is 449 g/mol. The molecule has 0 saturated carbocycles. The van der Waals surface area contributed by atoms with Gasteiger partial charge in [0, 0.05) is 40.9 Å². The van der Waals surface area contributed by atoms with Gasteiger partial charge >= 0.3 is 0 Å². The quantitative estimate of drug-likeness (QED) is 0.366. The molecule has 0 radical (unpaired) electrons. The van der Waals surface area contributed by atoms with E-state index in [2.05, 4.69) is 15.2 Å². The van der Waals surface area contributed by atoms with Gasteiger partial charge in [-0.3, -0.25) is 14.3 Å². The molecule has 0 saturated heterocycles. The van der Waals surface area contributed by atoms with Crippen molar-refractivity contribution in [3.8, 4) is 17.1 Å². The summed E-state index contributed by atoms with van der Waals surface area (Å²) in [5.41, 5.74) is 2.63. The fourth-order valence-electron chi connectivity index (χ4n) is 3.19. The SMILES string of the molecule is CCN(C(=O)CSc1nnc(-c2ccncc2)n1-c1ccc(Cl)cc1)c1ccccc1. The van der Waals surface area contributed by atoms with Crippen LogP contribution in [-0.4, -0.2) is 38.0 Å². The molecule has 1 amide bonds. The summed E-state index contributed by atoms with van der Waals surface area (Å²) in [5.74, 6) is 0.926. The van der Waals surface area contributed by atoms with Gasteiger partial charge in [0.1, 0.15) is 0 Å². The van der Waals surface area contributed by atoms with Crippen LogP contribution in [0.1, 0.15) is 6.92 Å². The van der Waals surface area contributed by atoms with Crippen LogP contribution >= 0.6 is 23.4 Å². The Hall–Kier alpha value is -3.16. The van der Waals surface area contributed by atoms with E-state index in [9.17, 15) is 4.79 Å². The van der Waals surface area contributed by atoms with Crippen molar-refractivity contribution in [1.82, 2.24) is 19.7 Å². The van der Waals surface area contributed by atoms with Crippen LogP contribution in [0.3, 0.4) is 0 Å². The average molecular weight is 450 g/mol. The Kier molecular flexibility index (Phi) is 6.64. The first kappa shape index (κ1) is 21.1. The molecule has 0 unspecified atom stereocenters. The molecule has 0 atom stereocenters. The molecule has 0 bridgehead atoms. The normalized spacial score (nSPS) is 10.8. The van der Waals surface area contributed by atoms with E-state index in [-0.39, 0.29) is 11.7 Å². The van der Waals surface area contributed by atoms with Gasteiger partial charge in [0.2, 0.25) is 5.91 Å². The third-order valence-corrected chi connectivity index (χ3v) is 5.83. The van der Waals surface area contributed by atoms with Crippen molar-refractivity contribution in [2.24, 2.45) is 0 Å². The number of nitrogens with zero attached hydrogens (tertiary/aromatic N) is 5. The van der Waals surface area contributed by atoms with Crippen molar-refractivity contribution in [3.63, 3.8) is 0 Å². The van der Waals surface area contributed by atoms with Crippen LogP contribution in [0, 0.1) is 0 Å². The number of aromatic nitrogens is 4. The summed E-state index contributed by atoms with van der Waals surface area (Å²) in [5, 5.41) is 10.0. The summed E-state index contributed by atoms with van der Waals surface area (Å²) in [4.78, 5) is 18.8. The Labute approximate surface area is 189 Å². The van der Waals surface area contributed by atoms with Crippen LogP contribution in [-0.2, 0) is 4.79 Å². The number of carbonyl (C=O) groups excluding carboxylic acids is 1. The first-order valence-electron chi connectivity index (χ1n) is 9.77. The highest BCUT2D eigenvalue weighted by molar-refractivity contribution is 7.99. The molecule has 0 aliphatic rings. The van der Waals surface area contributed by atoms with E-state index in [1.54, 1.807) is 17.3 Å². The van der Waals surface area contributed by atoms with E-state index in [1.807, 2.05) is 78.2 Å². The number of halogens is 1. The zero-order valence-electron chi connectivity index (χ0n) is 16.9. The minimum Gasteiger partial charge on any atom is -0.312 e. The van der Waals surface area contributed by atoms with Crippen molar-refractivity contribution in [1.29, 1.82) is 0 Å². The van der Waals surface area contributed by atoms with E-state index in [0.29, 0.717) is 22.5 Å². The van der Waals surface area contributed by atoms with Crippen molar-refractivity contribution in [2.45, 2.75) is 12.1 Å². The van der Waals surface area contributed by atoms with Crippen LogP contribution in [0.4, 0.5) is 5.69 Å². The maximum atomic E-state index is 12.9. The predicted octanol–water partition coefficient (Wildman–Crippen LogP) is 5.13. The van der Waals surface area contributed by atoms with Crippen molar-refractivity contribution in [3.05, 3.63) is 84.1 Å². The Morgan fingerprint density at radius 2 is 1.71 bits per heavy atom. The molecular weight excluding hydrogens is 430 g/mol. The standard InChI is InChI=1S/C23H20ClN5OS/c1-2-28(19-6-4-3-5-7-19)21(30)16-31-23-27-26-22(17-12-14-25-15-13-17)29(23)20-10-8-18(24)9-11-20/h3-15H,2,16H2,1H3. The van der Waals surface area contributed by atoms with E-state index in [4.69, 9.17) is 11.6 Å². The number of carbonyl (C=O) groups is 1. The maximum absolute atomic E-state index is 12.9. The lowest BCUT2D eigenvalue weighted by Gasteiger charge is -2.20. The summed E-state index contributed by atoms with van der Waals surface area (Å²) >= 11 is 7.43. The van der Waals surface area contributed by atoms with Crippen LogP contribution < -0.4 is 4.90 Å². The largest absolute Gasteiger partial charge is 0.312 e. The number of pyridine rings is 1. The highest BCUT2D eigenvalue weighted by Gasteiger charge is 2.19. The molecule has 8 heteroatoms. The maximum Gasteiger partial charge on any atom is 0.237 e. The highest BCUT2D eigenvalue weighted by Crippen LogP contribution is 2.29. The van der Waals surface area contributed by atoms with Crippen LogP contribution in [0.15, 0.2) is 84.3 Å². The lowest BCUT2D eigenvalue weighted by molar-refractivity contribution is -0.116. The second kappa shape index (κ2) is 9.76. The highest BCUT2D eigenvalue weighted by atomic mass is 35.5. The number of hydrogen-bond acceptors (Lipinski definition) is 5. The molecule has 0 fully saturated rings. The fraction of sp³-hybridized carbons (Fsp3) is 0.130. The lowest BCUT2D eigenvalue weighted by Crippen LogP contribution is -2.32. The summed E-state index contributed by atoms with van der Waals surface area (Å²) in [7, 11) is 0. The molecule has 0 aliphatic heterocycles. The zero-order valence-corrected chi connectivity index (χ0v) is 18.4. The average Bonchev–Trinajstić information content (AvgIpc) is 3.24. The van der Waals surface area contributed by atoms with E-state index in [0.717, 1.165) is 16.9 Å². The Bertz CT molecular complexity index is 1150. The summed E-state index contributed by atoms with van der Waals surface area (Å²) < 4.78 is 1.93. The lowest BCUT2D eigenvalue weighted by atomic mass is 10.2. The van der Waals surface area contributed by atoms with E-state index < -0.39 is 0 Å². The summed E-state index contributed by atoms with van der Waals surface area (Å²) in [6, 6.07) is 20.9. The molecule has 0 N–H and O–H groups in total. The molecule has 0 aliphatic carbocycles. The van der Waals surface area contributed by atoms with Crippen LogP contribution in [0.25, 0.3) is 17.1 Å². The molecule has 4 aromatic rings. The number of hydrogen-bond donors (Lipinski definition) is 0. The van der Waals surface area contributed by atoms with Gasteiger partial charge in [0.25, 0.3) is 0 Å². The molecule has 31 heavy (non-hydrogen) atoms. The van der Waals surface area contributed by atoms with Gasteiger partial charge in [-0.15, -0.1) is 10.2 Å². The Balaban J connectivity index is 1.63. The van der Waals surface area contributed by atoms with Crippen molar-refractivity contribution >= 4 is 35.0 Å². The molecule has 0 spiro atoms. The zero-order chi connectivity index (χ0) is 21.6. The third kappa shape index (κ3) is 4.78. The number of para-hydroxylation sites is 1. The molecule has 6 nitrogen and oxygen atoms in total. The number of anilines is 1. The van der Waals surface area contributed by atoms with E-state index in [1.165, 1.54) is 11.8 Å². The number of rotatable bonds is 7. The number of benzene rings is 2. The van der Waals surface area contributed by atoms with Crippen molar-refractivity contribution < 1.29 is 4.79 Å². The molecule has 4 rings (SSSR count). The molecule has 156 valence electrons. The predicted molar refractivity (Wildman–Crippen MR) is 125 cm³/mol. The Morgan fingerprint density at radius 3 is 2.39 bits per heavy atom. The van der Waals surface area contributed by atoms with Gasteiger partial charge in [-0.1, -0.05) is 41.6 Å². The third-order valence-electron chi connectivity index (χ3n) is 4.67. The van der Waals surface area contributed by atoms with Crippen LogP contribution in [0.2, 0.25) is 5.02 Å². The smallest absolute Gasteiger partial charge is 0.237 e. The topological polar surface area (TPSA) is 63.9 Å². The minimum atomic E-state index is 0.00909. The summed E-state index contributed by atoms with van der Waals surface area (Å²) in [6.07, 6.45) is 3.43. The first-order valence-corrected chi connectivity index (χ1v) is 11.1. The second-order valence-electron chi connectivity index (χ2n) is 6.62. The van der Waals surface area contributed by atoms with Gasteiger partial charge in [0.15, 0.2) is 11.0 Å². The van der Waals surface area contributed by atoms with E-state index >= 15 is 0 Å². The molecule has 2 aromatic heterocycles. The second-order valence-corrected chi connectivity index (χ2v) is 8.00. The van der Waals surface area contributed by atoms with Gasteiger partial charge in [-0.05, 0) is 55.5 Å². The number of thioether (sulfide) groups is 1. The van der Waals surface area contributed by atoms with Gasteiger partial charge in [0.05, 0.1) is 5.75 Å². The Morgan fingerprint density at radius 1 is 1.00 bits per heavy atom. The molecule has 2 aromatic carbocycles. The fourth-order valence-corrected chi connectivity index (χ4v) is 4.14. The molecule has 2 heterocycles. The van der Waals surface area contributed by atoms with Gasteiger partial charge in [-0.25, -0.2) is 0 Å². The van der Waals surface area contributed by atoms with Crippen LogP contribution in [0.5, 0.6) is 0 Å². The molecular formula is C23H20ClN5OS. The first-order chi connectivity index (χ1) is 15.2. The van der Waals surface area contributed by atoms with Gasteiger partial charge in [-0.2, -0.15) is 0 Å².